The second kappa shape index (κ2) is 6.67. The van der Waals surface area contributed by atoms with Crippen molar-refractivity contribution in [3.05, 3.63) is 47.4 Å². The molecule has 0 aromatic carbocycles. The lowest BCUT2D eigenvalue weighted by Crippen LogP contribution is -2.48. The smallest absolute Gasteiger partial charge is 0.231 e. The van der Waals surface area contributed by atoms with Gasteiger partial charge in [0.15, 0.2) is 5.82 Å². The Morgan fingerprint density at radius 2 is 1.92 bits per heavy atom. The van der Waals surface area contributed by atoms with Crippen LogP contribution in [0, 0.1) is 19.3 Å². The van der Waals surface area contributed by atoms with Gasteiger partial charge in [0.2, 0.25) is 5.91 Å². The van der Waals surface area contributed by atoms with Crippen LogP contribution >= 0.6 is 0 Å². The van der Waals surface area contributed by atoms with Gasteiger partial charge in [0.25, 0.3) is 0 Å². The molecule has 2 aromatic heterocycles. The van der Waals surface area contributed by atoms with Crippen LogP contribution in [0.5, 0.6) is 0 Å². The lowest BCUT2D eigenvalue weighted by Gasteiger charge is -2.39. The first-order valence-corrected chi connectivity index (χ1v) is 9.33. The van der Waals surface area contributed by atoms with E-state index < -0.39 is 0 Å². The number of aryl methyl sites for hydroxylation is 2. The van der Waals surface area contributed by atoms with E-state index in [4.69, 9.17) is 0 Å². The Bertz CT molecular complexity index is 806. The zero-order chi connectivity index (χ0) is 18.1. The normalized spacial score (nSPS) is 23.1. The quantitative estimate of drug-likeness (QED) is 0.850. The maximum absolute atomic E-state index is 13.2. The van der Waals surface area contributed by atoms with Crippen molar-refractivity contribution < 1.29 is 4.79 Å². The van der Waals surface area contributed by atoms with E-state index in [0.29, 0.717) is 6.54 Å². The molecule has 1 spiro atoms. The van der Waals surface area contributed by atoms with E-state index in [-0.39, 0.29) is 11.3 Å². The van der Waals surface area contributed by atoms with Crippen molar-refractivity contribution >= 4 is 11.7 Å². The number of carbonyl (C=O) groups excluding carboxylic acids is 1. The van der Waals surface area contributed by atoms with Crippen LogP contribution in [0.1, 0.15) is 36.3 Å². The minimum absolute atomic E-state index is 0.269. The van der Waals surface area contributed by atoms with Crippen LogP contribution < -0.4 is 4.90 Å². The summed E-state index contributed by atoms with van der Waals surface area (Å²) in [5.41, 5.74) is 2.58. The number of rotatable bonds is 3. The molecule has 2 saturated heterocycles. The van der Waals surface area contributed by atoms with E-state index in [0.717, 1.165) is 61.8 Å². The topological polar surface area (TPSA) is 62.2 Å². The van der Waals surface area contributed by atoms with Gasteiger partial charge >= 0.3 is 0 Å². The second-order valence-corrected chi connectivity index (χ2v) is 7.59. The summed E-state index contributed by atoms with van der Waals surface area (Å²) in [6, 6.07) is 9.98. The summed E-state index contributed by atoms with van der Waals surface area (Å²) in [5.74, 6) is 1.15. The third-order valence-electron chi connectivity index (χ3n) is 5.58. The summed E-state index contributed by atoms with van der Waals surface area (Å²) in [6.45, 7) is 7.01. The minimum atomic E-state index is -0.283. The molecule has 2 aromatic rings. The van der Waals surface area contributed by atoms with Crippen LogP contribution in [0.15, 0.2) is 30.3 Å². The van der Waals surface area contributed by atoms with Crippen molar-refractivity contribution in [2.45, 2.75) is 39.7 Å². The largest absolute Gasteiger partial charge is 0.354 e. The molecule has 2 aliphatic heterocycles. The molecule has 4 rings (SSSR count). The maximum Gasteiger partial charge on any atom is 0.231 e. The zero-order valence-electron chi connectivity index (χ0n) is 15.5. The van der Waals surface area contributed by atoms with Gasteiger partial charge in [-0.2, -0.15) is 5.10 Å². The second-order valence-electron chi connectivity index (χ2n) is 7.59. The highest BCUT2D eigenvalue weighted by Gasteiger charge is 2.49. The first-order chi connectivity index (χ1) is 12.6. The molecule has 1 amide bonds. The van der Waals surface area contributed by atoms with Gasteiger partial charge < -0.3 is 9.80 Å². The molecule has 0 aliphatic carbocycles. The highest BCUT2D eigenvalue weighted by molar-refractivity contribution is 5.85. The Hall–Kier alpha value is -2.50. The van der Waals surface area contributed by atoms with Gasteiger partial charge in [0.05, 0.1) is 23.3 Å². The van der Waals surface area contributed by atoms with Crippen LogP contribution in [0.25, 0.3) is 0 Å². The number of anilines is 1. The molecule has 26 heavy (non-hydrogen) atoms. The van der Waals surface area contributed by atoms with Gasteiger partial charge in [-0.1, -0.05) is 6.07 Å². The molecule has 0 saturated carbocycles. The standard InChI is InChI=1S/C20H25N5O/c1-15-5-3-6-17(21-15)13-24-12-10-20(19(24)26)9-4-11-25(14-20)18-8-7-16(2)22-23-18/h3,5-8H,4,9-14H2,1-2H3. The molecule has 0 radical (unpaired) electrons. The highest BCUT2D eigenvalue weighted by atomic mass is 16.2. The van der Waals surface area contributed by atoms with E-state index >= 15 is 0 Å². The predicted molar refractivity (Wildman–Crippen MR) is 99.7 cm³/mol. The SMILES string of the molecule is Cc1ccc(N2CCCC3(CCN(Cc4cccc(C)n4)C3=O)C2)nn1. The molecule has 136 valence electrons. The van der Waals surface area contributed by atoms with E-state index in [1.165, 1.54) is 0 Å². The Labute approximate surface area is 154 Å². The number of hydrogen-bond donors (Lipinski definition) is 0. The third-order valence-corrected chi connectivity index (χ3v) is 5.58. The van der Waals surface area contributed by atoms with Crippen LogP contribution in [-0.4, -0.2) is 45.6 Å². The molecule has 4 heterocycles. The molecular weight excluding hydrogens is 326 g/mol. The fraction of sp³-hybridized carbons (Fsp3) is 0.500. The predicted octanol–water partition coefficient (Wildman–Crippen LogP) is 2.51. The third kappa shape index (κ3) is 3.16. The molecule has 1 atom stereocenters. The lowest BCUT2D eigenvalue weighted by molar-refractivity contribution is -0.137. The van der Waals surface area contributed by atoms with E-state index in [2.05, 4.69) is 20.1 Å². The molecule has 1 unspecified atom stereocenters. The number of aromatic nitrogens is 3. The van der Waals surface area contributed by atoms with Crippen molar-refractivity contribution in [3.8, 4) is 0 Å². The molecule has 0 bridgehead atoms. The molecule has 0 N–H and O–H groups in total. The Morgan fingerprint density at radius 1 is 1.04 bits per heavy atom. The average molecular weight is 351 g/mol. The minimum Gasteiger partial charge on any atom is -0.354 e. The number of amides is 1. The summed E-state index contributed by atoms with van der Waals surface area (Å²) in [4.78, 5) is 22.0. The van der Waals surface area contributed by atoms with E-state index in [1.54, 1.807) is 0 Å². The monoisotopic (exact) mass is 351 g/mol. The molecular formula is C20H25N5O. The molecule has 2 aliphatic rings. The first-order valence-electron chi connectivity index (χ1n) is 9.33. The summed E-state index contributed by atoms with van der Waals surface area (Å²) >= 11 is 0. The van der Waals surface area contributed by atoms with Gasteiger partial charge in [0, 0.05) is 25.3 Å². The fourth-order valence-electron chi connectivity index (χ4n) is 4.19. The number of hydrogen-bond acceptors (Lipinski definition) is 5. The number of pyridine rings is 1. The van der Waals surface area contributed by atoms with Crippen LogP contribution in [-0.2, 0) is 11.3 Å². The Kier molecular flexibility index (Phi) is 4.34. The van der Waals surface area contributed by atoms with Crippen molar-refractivity contribution in [2.75, 3.05) is 24.5 Å². The molecule has 2 fully saturated rings. The van der Waals surface area contributed by atoms with Crippen molar-refractivity contribution in [3.63, 3.8) is 0 Å². The Morgan fingerprint density at radius 3 is 2.69 bits per heavy atom. The molecule has 6 heteroatoms. The number of piperidine rings is 1. The summed E-state index contributed by atoms with van der Waals surface area (Å²) in [5, 5.41) is 8.49. The maximum atomic E-state index is 13.2. The van der Waals surface area contributed by atoms with Crippen molar-refractivity contribution in [1.82, 2.24) is 20.1 Å². The number of likely N-dealkylation sites (tertiary alicyclic amines) is 1. The average Bonchev–Trinajstić information content (AvgIpc) is 2.92. The lowest BCUT2D eigenvalue weighted by atomic mass is 9.78. The zero-order valence-corrected chi connectivity index (χ0v) is 15.5. The molecule has 6 nitrogen and oxygen atoms in total. The van der Waals surface area contributed by atoms with Gasteiger partial charge in [0.1, 0.15) is 0 Å². The number of nitrogens with zero attached hydrogens (tertiary/aromatic N) is 5. The van der Waals surface area contributed by atoms with Gasteiger partial charge in [-0.25, -0.2) is 0 Å². The summed E-state index contributed by atoms with van der Waals surface area (Å²) in [6.07, 6.45) is 2.88. The van der Waals surface area contributed by atoms with Gasteiger partial charge in [-0.15, -0.1) is 5.10 Å². The summed E-state index contributed by atoms with van der Waals surface area (Å²) < 4.78 is 0. The van der Waals surface area contributed by atoms with Crippen molar-refractivity contribution in [1.29, 1.82) is 0 Å². The van der Waals surface area contributed by atoms with Gasteiger partial charge in [-0.05, 0) is 57.4 Å². The van der Waals surface area contributed by atoms with Crippen LogP contribution in [0.4, 0.5) is 5.82 Å². The van der Waals surface area contributed by atoms with E-state index in [9.17, 15) is 4.79 Å². The fourth-order valence-corrected chi connectivity index (χ4v) is 4.19. The van der Waals surface area contributed by atoms with Gasteiger partial charge in [-0.3, -0.25) is 9.78 Å². The van der Waals surface area contributed by atoms with Crippen molar-refractivity contribution in [2.24, 2.45) is 5.41 Å². The van der Waals surface area contributed by atoms with Crippen LogP contribution in [0.2, 0.25) is 0 Å². The van der Waals surface area contributed by atoms with Crippen LogP contribution in [0.3, 0.4) is 0 Å². The first kappa shape index (κ1) is 16.9. The summed E-state index contributed by atoms with van der Waals surface area (Å²) in [7, 11) is 0. The number of carbonyl (C=O) groups is 1. The Balaban J connectivity index is 1.49. The van der Waals surface area contributed by atoms with E-state index in [1.807, 2.05) is 49.1 Å². The highest BCUT2D eigenvalue weighted by Crippen LogP contribution is 2.41.